The molecule has 0 heterocycles. The molecule has 0 radical (unpaired) electrons. The highest BCUT2D eigenvalue weighted by atomic mass is 32.2. The summed E-state index contributed by atoms with van der Waals surface area (Å²) in [6.07, 6.45) is 4.24. The van der Waals surface area contributed by atoms with Crippen molar-refractivity contribution in [1.82, 2.24) is 10.0 Å². The highest BCUT2D eigenvalue weighted by Crippen LogP contribution is 2.29. The Morgan fingerprint density at radius 1 is 1.26 bits per heavy atom. The third-order valence-corrected chi connectivity index (χ3v) is 5.99. The van der Waals surface area contributed by atoms with Gasteiger partial charge in [-0.3, -0.25) is 0 Å². The maximum Gasteiger partial charge on any atom is 0.215 e. The summed E-state index contributed by atoms with van der Waals surface area (Å²) in [5.74, 6) is 1.16. The van der Waals surface area contributed by atoms with E-state index in [1.807, 2.05) is 0 Å². The van der Waals surface area contributed by atoms with E-state index in [1.54, 1.807) is 6.92 Å². The van der Waals surface area contributed by atoms with E-state index in [2.05, 4.69) is 30.8 Å². The van der Waals surface area contributed by atoms with Crippen LogP contribution in [0.25, 0.3) is 0 Å². The lowest BCUT2D eigenvalue weighted by Crippen LogP contribution is -2.47. The van der Waals surface area contributed by atoms with Gasteiger partial charge in [-0.15, -0.1) is 0 Å². The van der Waals surface area contributed by atoms with Crippen LogP contribution in [0, 0.1) is 11.8 Å². The molecular formula is C14H30N2O2S. The Hall–Kier alpha value is -0.130. The van der Waals surface area contributed by atoms with E-state index in [1.165, 1.54) is 0 Å². The predicted molar refractivity (Wildman–Crippen MR) is 80.6 cm³/mol. The molecule has 1 rings (SSSR count). The van der Waals surface area contributed by atoms with Gasteiger partial charge in [-0.25, -0.2) is 13.1 Å². The molecule has 4 atom stereocenters. The molecule has 1 fully saturated rings. The molecule has 114 valence electrons. The topological polar surface area (TPSA) is 58.2 Å². The molecule has 0 spiro atoms. The molecule has 0 saturated heterocycles. The maximum absolute atomic E-state index is 12.3. The molecule has 1 aliphatic carbocycles. The molecule has 0 aliphatic heterocycles. The lowest BCUT2D eigenvalue weighted by Gasteiger charge is -2.33. The number of hydrogen-bond acceptors (Lipinski definition) is 3. The third-order valence-electron chi connectivity index (χ3n) is 4.14. The van der Waals surface area contributed by atoms with Crippen LogP contribution in [0.1, 0.15) is 53.4 Å². The molecular weight excluding hydrogens is 260 g/mol. The average Bonchev–Trinajstić information content (AvgIpc) is 2.33. The Morgan fingerprint density at radius 2 is 1.95 bits per heavy atom. The maximum atomic E-state index is 12.3. The van der Waals surface area contributed by atoms with Gasteiger partial charge in [-0.2, -0.15) is 0 Å². The van der Waals surface area contributed by atoms with Crippen molar-refractivity contribution < 1.29 is 8.42 Å². The first-order chi connectivity index (χ1) is 8.86. The number of hydrogen-bond donors (Lipinski definition) is 2. The summed E-state index contributed by atoms with van der Waals surface area (Å²) >= 11 is 0. The second kappa shape index (κ2) is 7.60. The Balaban J connectivity index is 2.49. The largest absolute Gasteiger partial charge is 0.315 e. The summed E-state index contributed by atoms with van der Waals surface area (Å²) in [5, 5.41) is 2.81. The fraction of sp³-hybridized carbons (Fsp3) is 1.00. The van der Waals surface area contributed by atoms with Gasteiger partial charge in [0.25, 0.3) is 0 Å². The predicted octanol–water partition coefficient (Wildman–Crippen LogP) is 2.12. The highest BCUT2D eigenvalue weighted by Gasteiger charge is 2.30. The quantitative estimate of drug-likeness (QED) is 0.706. The van der Waals surface area contributed by atoms with Crippen LogP contribution >= 0.6 is 0 Å². The summed E-state index contributed by atoms with van der Waals surface area (Å²) in [6, 6.07) is 0.120. The Morgan fingerprint density at radius 3 is 2.53 bits per heavy atom. The summed E-state index contributed by atoms with van der Waals surface area (Å²) < 4.78 is 27.5. The minimum absolute atomic E-state index is 0.120. The van der Waals surface area contributed by atoms with Gasteiger partial charge < -0.3 is 5.32 Å². The Bertz CT molecular complexity index is 356. The van der Waals surface area contributed by atoms with Crippen LogP contribution in [-0.4, -0.2) is 32.8 Å². The SMILES string of the molecule is CCCNCC(C)S(=O)(=O)NC1CCC(C)CC1C. The van der Waals surface area contributed by atoms with Gasteiger partial charge in [0.2, 0.25) is 10.0 Å². The molecule has 1 saturated carbocycles. The zero-order valence-corrected chi connectivity index (χ0v) is 13.6. The van der Waals surface area contributed by atoms with Crippen molar-refractivity contribution in [3.63, 3.8) is 0 Å². The van der Waals surface area contributed by atoms with Gasteiger partial charge >= 0.3 is 0 Å². The van der Waals surface area contributed by atoms with Crippen molar-refractivity contribution >= 4 is 10.0 Å². The molecule has 0 amide bonds. The zero-order chi connectivity index (χ0) is 14.5. The monoisotopic (exact) mass is 290 g/mol. The van der Waals surface area contributed by atoms with Crippen molar-refractivity contribution in [2.75, 3.05) is 13.1 Å². The van der Waals surface area contributed by atoms with Crippen molar-refractivity contribution in [3.05, 3.63) is 0 Å². The number of sulfonamides is 1. The summed E-state index contributed by atoms with van der Waals surface area (Å²) in [5.41, 5.74) is 0. The Kier molecular flexibility index (Phi) is 6.77. The lowest BCUT2D eigenvalue weighted by atomic mass is 9.80. The highest BCUT2D eigenvalue weighted by molar-refractivity contribution is 7.90. The van der Waals surface area contributed by atoms with Crippen LogP contribution in [-0.2, 0) is 10.0 Å². The van der Waals surface area contributed by atoms with Crippen LogP contribution < -0.4 is 10.0 Å². The van der Waals surface area contributed by atoms with E-state index >= 15 is 0 Å². The van der Waals surface area contributed by atoms with Crippen molar-refractivity contribution in [1.29, 1.82) is 0 Å². The van der Waals surface area contributed by atoms with E-state index in [0.717, 1.165) is 38.1 Å². The van der Waals surface area contributed by atoms with E-state index in [-0.39, 0.29) is 11.3 Å². The van der Waals surface area contributed by atoms with Crippen LogP contribution in [0.2, 0.25) is 0 Å². The van der Waals surface area contributed by atoms with Crippen LogP contribution in [0.5, 0.6) is 0 Å². The summed E-state index contributed by atoms with van der Waals surface area (Å²) in [7, 11) is -3.20. The first-order valence-electron chi connectivity index (χ1n) is 7.58. The second-order valence-corrected chi connectivity index (χ2v) is 8.31. The zero-order valence-electron chi connectivity index (χ0n) is 12.8. The van der Waals surface area contributed by atoms with E-state index in [9.17, 15) is 8.42 Å². The first-order valence-corrected chi connectivity index (χ1v) is 9.13. The molecule has 2 N–H and O–H groups in total. The van der Waals surface area contributed by atoms with Gasteiger partial charge in [-0.1, -0.05) is 20.8 Å². The molecule has 1 aliphatic rings. The third kappa shape index (κ3) is 5.40. The first kappa shape index (κ1) is 16.9. The normalized spacial score (nSPS) is 30.2. The van der Waals surface area contributed by atoms with Crippen LogP contribution in [0.4, 0.5) is 0 Å². The van der Waals surface area contributed by atoms with E-state index in [0.29, 0.717) is 12.5 Å². The molecule has 0 aromatic rings. The van der Waals surface area contributed by atoms with Gasteiger partial charge in [0, 0.05) is 12.6 Å². The van der Waals surface area contributed by atoms with Gasteiger partial charge in [0.15, 0.2) is 0 Å². The van der Waals surface area contributed by atoms with Gasteiger partial charge in [-0.05, 0) is 51.0 Å². The molecule has 5 heteroatoms. The minimum atomic E-state index is -3.20. The average molecular weight is 290 g/mol. The van der Waals surface area contributed by atoms with Crippen LogP contribution in [0.15, 0.2) is 0 Å². The van der Waals surface area contributed by atoms with Gasteiger partial charge in [0.1, 0.15) is 0 Å². The number of nitrogens with one attached hydrogen (secondary N) is 2. The lowest BCUT2D eigenvalue weighted by molar-refractivity contribution is 0.249. The standard InChI is InChI=1S/C14H30N2O2S/c1-5-8-15-10-13(4)19(17,18)16-14-7-6-11(2)9-12(14)3/h11-16H,5-10H2,1-4H3. The fourth-order valence-electron chi connectivity index (χ4n) is 2.76. The van der Waals surface area contributed by atoms with Crippen molar-refractivity contribution in [2.45, 2.75) is 64.7 Å². The van der Waals surface area contributed by atoms with Crippen LogP contribution in [0.3, 0.4) is 0 Å². The van der Waals surface area contributed by atoms with Gasteiger partial charge in [0.05, 0.1) is 5.25 Å². The minimum Gasteiger partial charge on any atom is -0.315 e. The molecule has 19 heavy (non-hydrogen) atoms. The smallest absolute Gasteiger partial charge is 0.215 e. The van der Waals surface area contributed by atoms with E-state index < -0.39 is 10.0 Å². The molecule has 4 unspecified atom stereocenters. The molecule has 0 aromatic carbocycles. The molecule has 4 nitrogen and oxygen atoms in total. The summed E-state index contributed by atoms with van der Waals surface area (Å²) in [4.78, 5) is 0. The molecule has 0 aromatic heterocycles. The fourth-order valence-corrected chi connectivity index (χ4v) is 4.10. The summed E-state index contributed by atoms with van der Waals surface area (Å²) in [6.45, 7) is 9.66. The number of rotatable bonds is 7. The van der Waals surface area contributed by atoms with Crippen molar-refractivity contribution in [3.8, 4) is 0 Å². The van der Waals surface area contributed by atoms with Crippen molar-refractivity contribution in [2.24, 2.45) is 11.8 Å². The second-order valence-electron chi connectivity index (χ2n) is 6.18. The molecule has 0 bridgehead atoms. The Labute approximate surface area is 118 Å². The van der Waals surface area contributed by atoms with E-state index in [4.69, 9.17) is 0 Å².